The second kappa shape index (κ2) is 5.85. The first kappa shape index (κ1) is 14.5. The summed E-state index contributed by atoms with van der Waals surface area (Å²) in [6.07, 6.45) is -2.67. The number of aliphatic hydroxyl groups excluding tert-OH is 2. The Labute approximate surface area is 108 Å². The normalized spacial score (nSPS) is 13.9. The van der Waals surface area contributed by atoms with Crippen molar-refractivity contribution in [1.82, 2.24) is 0 Å². The monoisotopic (exact) mass is 272 g/mol. The molecule has 0 heterocycles. The molecule has 18 heavy (non-hydrogen) atoms. The van der Waals surface area contributed by atoms with Crippen LogP contribution in [-0.4, -0.2) is 44.2 Å². The Hall–Kier alpha value is -1.57. The van der Waals surface area contributed by atoms with E-state index in [1.165, 1.54) is 12.1 Å². The van der Waals surface area contributed by atoms with Crippen molar-refractivity contribution in [2.45, 2.75) is 12.2 Å². The third-order valence-electron chi connectivity index (χ3n) is 2.40. The molecule has 4 N–H and O–H groups in total. The van der Waals surface area contributed by atoms with Gasteiger partial charge >= 0.3 is 11.9 Å². The Kier molecular flexibility index (Phi) is 4.71. The molecule has 7 heteroatoms. The summed E-state index contributed by atoms with van der Waals surface area (Å²) < 4.78 is 0. The molecule has 2 atom stereocenters. The Morgan fingerprint density at radius 3 is 2.22 bits per heavy atom. The number of carboxylic acid groups (broad SMARTS) is 2. The summed E-state index contributed by atoms with van der Waals surface area (Å²) in [5.74, 6) is -2.70. The SMILES string of the molecule is O=C(O)c1ccc(C(O)C(O)CS)c(C(=O)O)c1. The van der Waals surface area contributed by atoms with E-state index in [4.69, 9.17) is 10.2 Å². The van der Waals surface area contributed by atoms with E-state index < -0.39 is 24.1 Å². The van der Waals surface area contributed by atoms with Crippen LogP contribution in [0.4, 0.5) is 0 Å². The number of thiol groups is 1. The lowest BCUT2D eigenvalue weighted by molar-refractivity contribution is 0.0323. The molecule has 1 aromatic carbocycles. The molecule has 0 aliphatic heterocycles. The van der Waals surface area contributed by atoms with Gasteiger partial charge in [-0.05, 0) is 17.7 Å². The van der Waals surface area contributed by atoms with Crippen LogP contribution in [0.25, 0.3) is 0 Å². The van der Waals surface area contributed by atoms with Crippen molar-refractivity contribution in [1.29, 1.82) is 0 Å². The quantitative estimate of drug-likeness (QED) is 0.496. The summed E-state index contributed by atoms with van der Waals surface area (Å²) in [6, 6.07) is 3.28. The van der Waals surface area contributed by atoms with Crippen LogP contribution in [0.15, 0.2) is 18.2 Å². The first-order chi connectivity index (χ1) is 8.38. The number of rotatable bonds is 5. The van der Waals surface area contributed by atoms with Gasteiger partial charge in [0.05, 0.1) is 17.2 Å². The molecule has 98 valence electrons. The average Bonchev–Trinajstić information content (AvgIpc) is 2.35. The zero-order chi connectivity index (χ0) is 13.9. The van der Waals surface area contributed by atoms with Crippen LogP contribution in [0.2, 0.25) is 0 Å². The standard InChI is InChI=1S/C11H12O6S/c12-8(4-18)9(13)6-2-1-5(10(14)15)3-7(6)11(16)17/h1-3,8-9,12-13,18H,4H2,(H,14,15)(H,16,17). The van der Waals surface area contributed by atoms with Crippen molar-refractivity contribution in [2.24, 2.45) is 0 Å². The number of benzene rings is 1. The summed E-state index contributed by atoms with van der Waals surface area (Å²) in [7, 11) is 0. The molecule has 0 aromatic heterocycles. The van der Waals surface area contributed by atoms with Gasteiger partial charge in [-0.3, -0.25) is 0 Å². The highest BCUT2D eigenvalue weighted by Crippen LogP contribution is 2.23. The van der Waals surface area contributed by atoms with Crippen LogP contribution in [0.5, 0.6) is 0 Å². The van der Waals surface area contributed by atoms with Crippen LogP contribution in [0.3, 0.4) is 0 Å². The van der Waals surface area contributed by atoms with E-state index in [1.807, 2.05) is 0 Å². The van der Waals surface area contributed by atoms with Gasteiger partial charge in [-0.15, -0.1) is 0 Å². The molecule has 0 saturated carbocycles. The van der Waals surface area contributed by atoms with Crippen molar-refractivity contribution in [3.63, 3.8) is 0 Å². The molecule has 0 spiro atoms. The number of carboxylic acids is 2. The van der Waals surface area contributed by atoms with Crippen molar-refractivity contribution in [3.05, 3.63) is 34.9 Å². The van der Waals surface area contributed by atoms with Crippen LogP contribution in [-0.2, 0) is 0 Å². The summed E-state index contributed by atoms with van der Waals surface area (Å²) in [4.78, 5) is 21.7. The Morgan fingerprint density at radius 2 is 1.78 bits per heavy atom. The molecule has 0 amide bonds. The topological polar surface area (TPSA) is 115 Å². The maximum absolute atomic E-state index is 11.0. The molecule has 1 rings (SSSR count). The number of carbonyl (C=O) groups is 2. The molecule has 0 fully saturated rings. The fourth-order valence-corrected chi connectivity index (χ4v) is 1.64. The minimum absolute atomic E-state index is 0.0472. The number of aliphatic hydroxyl groups is 2. The first-order valence-corrected chi connectivity index (χ1v) is 5.59. The molecule has 0 bridgehead atoms. The zero-order valence-corrected chi connectivity index (χ0v) is 10.0. The van der Waals surface area contributed by atoms with E-state index in [-0.39, 0.29) is 22.4 Å². The average molecular weight is 272 g/mol. The molecule has 6 nitrogen and oxygen atoms in total. The molecule has 2 unspecified atom stereocenters. The van der Waals surface area contributed by atoms with Gasteiger partial charge in [-0.2, -0.15) is 12.6 Å². The number of aromatic carboxylic acids is 2. The third-order valence-corrected chi connectivity index (χ3v) is 2.77. The van der Waals surface area contributed by atoms with Gasteiger partial charge in [0.1, 0.15) is 6.10 Å². The highest BCUT2D eigenvalue weighted by molar-refractivity contribution is 7.80. The molecule has 0 aliphatic rings. The highest BCUT2D eigenvalue weighted by atomic mass is 32.1. The van der Waals surface area contributed by atoms with E-state index in [0.29, 0.717) is 0 Å². The fraction of sp³-hybridized carbons (Fsp3) is 0.273. The van der Waals surface area contributed by atoms with Crippen molar-refractivity contribution in [2.75, 3.05) is 5.75 Å². The van der Waals surface area contributed by atoms with E-state index in [2.05, 4.69) is 12.6 Å². The lowest BCUT2D eigenvalue weighted by Gasteiger charge is -2.18. The molecule has 0 radical (unpaired) electrons. The van der Waals surface area contributed by atoms with E-state index >= 15 is 0 Å². The Morgan fingerprint density at radius 1 is 1.17 bits per heavy atom. The number of hydrogen-bond acceptors (Lipinski definition) is 5. The van der Waals surface area contributed by atoms with Gasteiger partial charge in [0.2, 0.25) is 0 Å². The lowest BCUT2D eigenvalue weighted by Crippen LogP contribution is -2.22. The predicted octanol–water partition coefficient (Wildman–Crippen LogP) is 0.407. The highest BCUT2D eigenvalue weighted by Gasteiger charge is 2.23. The molecule has 0 saturated heterocycles. The van der Waals surface area contributed by atoms with Gasteiger partial charge in [0, 0.05) is 5.75 Å². The zero-order valence-electron chi connectivity index (χ0n) is 9.15. The van der Waals surface area contributed by atoms with E-state index in [1.54, 1.807) is 0 Å². The Bertz CT molecular complexity index is 473. The summed E-state index contributed by atoms with van der Waals surface area (Å²) in [5, 5.41) is 36.9. The molecular formula is C11H12O6S. The minimum Gasteiger partial charge on any atom is -0.478 e. The van der Waals surface area contributed by atoms with Crippen molar-refractivity contribution >= 4 is 24.6 Å². The fourth-order valence-electron chi connectivity index (χ4n) is 1.44. The predicted molar refractivity (Wildman–Crippen MR) is 65.2 cm³/mol. The molecular weight excluding hydrogens is 260 g/mol. The molecule has 1 aromatic rings. The third kappa shape index (κ3) is 3.00. The summed E-state index contributed by atoms with van der Waals surface area (Å²) in [6.45, 7) is 0. The van der Waals surface area contributed by atoms with Crippen molar-refractivity contribution in [3.8, 4) is 0 Å². The smallest absolute Gasteiger partial charge is 0.336 e. The van der Waals surface area contributed by atoms with Gasteiger partial charge in [0.25, 0.3) is 0 Å². The minimum atomic E-state index is -1.43. The van der Waals surface area contributed by atoms with Crippen LogP contribution in [0.1, 0.15) is 32.4 Å². The first-order valence-electron chi connectivity index (χ1n) is 4.96. The van der Waals surface area contributed by atoms with Crippen LogP contribution < -0.4 is 0 Å². The Balaban J connectivity index is 3.27. The lowest BCUT2D eigenvalue weighted by atomic mass is 9.97. The maximum atomic E-state index is 11.0. The van der Waals surface area contributed by atoms with Crippen LogP contribution in [0, 0.1) is 0 Å². The van der Waals surface area contributed by atoms with E-state index in [0.717, 1.165) is 6.07 Å². The molecule has 0 aliphatic carbocycles. The van der Waals surface area contributed by atoms with Gasteiger partial charge in [-0.1, -0.05) is 6.07 Å². The van der Waals surface area contributed by atoms with Gasteiger partial charge in [-0.25, -0.2) is 9.59 Å². The van der Waals surface area contributed by atoms with Crippen LogP contribution >= 0.6 is 12.6 Å². The largest absolute Gasteiger partial charge is 0.478 e. The van der Waals surface area contributed by atoms with Crippen molar-refractivity contribution < 1.29 is 30.0 Å². The maximum Gasteiger partial charge on any atom is 0.336 e. The second-order valence-corrected chi connectivity index (χ2v) is 3.97. The summed E-state index contributed by atoms with van der Waals surface area (Å²) >= 11 is 3.79. The second-order valence-electron chi connectivity index (χ2n) is 3.61. The van der Waals surface area contributed by atoms with Gasteiger partial charge < -0.3 is 20.4 Å². The van der Waals surface area contributed by atoms with Gasteiger partial charge in [0.15, 0.2) is 0 Å². The summed E-state index contributed by atoms with van der Waals surface area (Å²) in [5.41, 5.74) is -0.610. The van der Waals surface area contributed by atoms with E-state index in [9.17, 15) is 19.8 Å². The number of hydrogen-bond donors (Lipinski definition) is 5.